The number of Topliss-reactive ketones (excluding diaryl/α,β-unsaturated/α-hetero) is 1. The van der Waals surface area contributed by atoms with E-state index in [1.165, 1.54) is 44.2 Å². The summed E-state index contributed by atoms with van der Waals surface area (Å²) in [4.78, 5) is 12.7. The first-order valence-corrected chi connectivity index (χ1v) is 7.95. The molecule has 0 spiro atoms. The van der Waals surface area contributed by atoms with Crippen LogP contribution in [0.4, 0.5) is 4.39 Å². The van der Waals surface area contributed by atoms with Crippen LogP contribution >= 0.6 is 0 Å². The van der Waals surface area contributed by atoms with E-state index in [4.69, 9.17) is 0 Å². The second-order valence-corrected chi connectivity index (χ2v) is 6.64. The molecule has 3 atom stereocenters. The number of benzene rings is 1. The zero-order valence-corrected chi connectivity index (χ0v) is 12.2. The van der Waals surface area contributed by atoms with E-state index in [1.54, 1.807) is 6.07 Å². The molecule has 3 unspecified atom stereocenters. The Morgan fingerprint density at radius 2 is 1.85 bits per heavy atom. The van der Waals surface area contributed by atoms with E-state index < -0.39 is 0 Å². The highest BCUT2D eigenvalue weighted by Gasteiger charge is 2.35. The van der Waals surface area contributed by atoms with Crippen molar-refractivity contribution in [2.45, 2.75) is 51.9 Å². The molecule has 20 heavy (non-hydrogen) atoms. The summed E-state index contributed by atoms with van der Waals surface area (Å²) in [7, 11) is 0. The predicted octanol–water partition coefficient (Wildman–Crippen LogP) is 4.92. The van der Waals surface area contributed by atoms with Crippen molar-refractivity contribution < 1.29 is 9.18 Å². The van der Waals surface area contributed by atoms with E-state index in [1.807, 2.05) is 6.92 Å². The number of carbonyl (C=O) groups is 1. The van der Waals surface area contributed by atoms with Crippen LogP contribution in [0.1, 0.15) is 60.9 Å². The van der Waals surface area contributed by atoms with Crippen LogP contribution in [0.2, 0.25) is 0 Å². The van der Waals surface area contributed by atoms with E-state index in [0.29, 0.717) is 5.56 Å². The Morgan fingerprint density at radius 1 is 1.10 bits per heavy atom. The maximum Gasteiger partial charge on any atom is 0.166 e. The molecule has 2 aliphatic carbocycles. The molecule has 1 aromatic rings. The molecule has 1 aromatic carbocycles. The van der Waals surface area contributed by atoms with Crippen molar-refractivity contribution in [3.8, 4) is 0 Å². The van der Waals surface area contributed by atoms with Crippen LogP contribution in [0.15, 0.2) is 18.2 Å². The Labute approximate surface area is 120 Å². The van der Waals surface area contributed by atoms with Gasteiger partial charge in [0.1, 0.15) is 5.82 Å². The lowest BCUT2D eigenvalue weighted by molar-refractivity contribution is 0.0762. The number of hydrogen-bond acceptors (Lipinski definition) is 1. The van der Waals surface area contributed by atoms with E-state index in [0.717, 1.165) is 30.2 Å². The smallest absolute Gasteiger partial charge is 0.166 e. The molecule has 3 rings (SSSR count). The molecule has 108 valence electrons. The topological polar surface area (TPSA) is 17.1 Å². The van der Waals surface area contributed by atoms with Crippen molar-refractivity contribution in [1.82, 2.24) is 0 Å². The van der Waals surface area contributed by atoms with Crippen molar-refractivity contribution in [3.63, 3.8) is 0 Å². The molecule has 0 aliphatic heterocycles. The standard InChI is InChI=1S/C18H23FO/c1-12-6-9-16(19)11-17(12)18(20)15-8-7-13-4-2-3-5-14(13)10-15/h6,9,11,13-15H,2-5,7-8,10H2,1H3. The molecule has 0 N–H and O–H groups in total. The summed E-state index contributed by atoms with van der Waals surface area (Å²) >= 11 is 0. The SMILES string of the molecule is Cc1ccc(F)cc1C(=O)C1CCC2CCCCC2C1. The Kier molecular flexibility index (Phi) is 3.91. The number of hydrogen-bond donors (Lipinski definition) is 0. The lowest BCUT2D eigenvalue weighted by atomic mass is 9.66. The van der Waals surface area contributed by atoms with Crippen LogP contribution in [0, 0.1) is 30.5 Å². The van der Waals surface area contributed by atoms with Gasteiger partial charge in [-0.05, 0) is 55.7 Å². The molecule has 2 aliphatic rings. The first kappa shape index (κ1) is 13.8. The minimum Gasteiger partial charge on any atom is -0.294 e. The fourth-order valence-corrected chi connectivity index (χ4v) is 4.19. The fourth-order valence-electron chi connectivity index (χ4n) is 4.19. The van der Waals surface area contributed by atoms with Gasteiger partial charge in [0.25, 0.3) is 0 Å². The van der Waals surface area contributed by atoms with Gasteiger partial charge in [0.05, 0.1) is 0 Å². The molecule has 0 radical (unpaired) electrons. The summed E-state index contributed by atoms with van der Waals surface area (Å²) in [6, 6.07) is 4.57. The Hall–Kier alpha value is -1.18. The summed E-state index contributed by atoms with van der Waals surface area (Å²) in [5, 5.41) is 0. The molecular formula is C18H23FO. The Bertz CT molecular complexity index is 508. The number of fused-ring (bicyclic) bond motifs is 1. The number of rotatable bonds is 2. The molecule has 2 saturated carbocycles. The van der Waals surface area contributed by atoms with Gasteiger partial charge in [-0.25, -0.2) is 4.39 Å². The number of halogens is 1. The Balaban J connectivity index is 1.76. The van der Waals surface area contributed by atoms with E-state index in [-0.39, 0.29) is 17.5 Å². The maximum absolute atomic E-state index is 13.4. The van der Waals surface area contributed by atoms with Crippen molar-refractivity contribution in [3.05, 3.63) is 35.1 Å². The van der Waals surface area contributed by atoms with Crippen LogP contribution in [0.25, 0.3) is 0 Å². The summed E-state index contributed by atoms with van der Waals surface area (Å²) in [6.45, 7) is 1.90. The first-order chi connectivity index (χ1) is 9.65. The zero-order chi connectivity index (χ0) is 14.1. The molecule has 2 fully saturated rings. The lowest BCUT2D eigenvalue weighted by Gasteiger charge is -2.38. The van der Waals surface area contributed by atoms with Crippen molar-refractivity contribution in [2.24, 2.45) is 17.8 Å². The van der Waals surface area contributed by atoms with Gasteiger partial charge in [-0.15, -0.1) is 0 Å². The second kappa shape index (κ2) is 5.67. The van der Waals surface area contributed by atoms with Gasteiger partial charge in [-0.3, -0.25) is 4.79 Å². The molecule has 0 amide bonds. The second-order valence-electron chi connectivity index (χ2n) is 6.64. The third-order valence-corrected chi connectivity index (χ3v) is 5.38. The summed E-state index contributed by atoms with van der Waals surface area (Å²) in [5.41, 5.74) is 1.51. The van der Waals surface area contributed by atoms with E-state index in [9.17, 15) is 9.18 Å². The third-order valence-electron chi connectivity index (χ3n) is 5.38. The van der Waals surface area contributed by atoms with Gasteiger partial charge >= 0.3 is 0 Å². The van der Waals surface area contributed by atoms with Crippen LogP contribution in [-0.4, -0.2) is 5.78 Å². The molecule has 0 heterocycles. The largest absolute Gasteiger partial charge is 0.294 e. The zero-order valence-electron chi connectivity index (χ0n) is 12.2. The van der Waals surface area contributed by atoms with Gasteiger partial charge < -0.3 is 0 Å². The van der Waals surface area contributed by atoms with Gasteiger partial charge in [-0.2, -0.15) is 0 Å². The predicted molar refractivity (Wildman–Crippen MR) is 78.3 cm³/mol. The average molecular weight is 274 g/mol. The third kappa shape index (κ3) is 2.65. The highest BCUT2D eigenvalue weighted by Crippen LogP contribution is 2.43. The minimum atomic E-state index is -0.301. The highest BCUT2D eigenvalue weighted by atomic mass is 19.1. The first-order valence-electron chi connectivity index (χ1n) is 7.95. The van der Waals surface area contributed by atoms with Crippen LogP contribution in [0.5, 0.6) is 0 Å². The minimum absolute atomic E-state index is 0.120. The average Bonchev–Trinajstić information content (AvgIpc) is 2.48. The molecule has 2 heteroatoms. The monoisotopic (exact) mass is 274 g/mol. The normalized spacial score (nSPS) is 29.8. The quantitative estimate of drug-likeness (QED) is 0.699. The summed E-state index contributed by atoms with van der Waals surface area (Å²) < 4.78 is 13.4. The highest BCUT2D eigenvalue weighted by molar-refractivity contribution is 5.99. The van der Waals surface area contributed by atoms with E-state index >= 15 is 0 Å². The molecule has 1 nitrogen and oxygen atoms in total. The Morgan fingerprint density at radius 3 is 2.65 bits per heavy atom. The van der Waals surface area contributed by atoms with Crippen molar-refractivity contribution >= 4 is 5.78 Å². The summed E-state index contributed by atoms with van der Waals surface area (Å²) in [5.74, 6) is 1.58. The van der Waals surface area contributed by atoms with E-state index in [2.05, 4.69) is 0 Å². The number of ketones is 1. The fraction of sp³-hybridized carbons (Fsp3) is 0.611. The van der Waals surface area contributed by atoms with Gasteiger partial charge in [-0.1, -0.05) is 31.7 Å². The lowest BCUT2D eigenvalue weighted by Crippen LogP contribution is -2.31. The molecule has 0 saturated heterocycles. The van der Waals surface area contributed by atoms with Gasteiger partial charge in [0, 0.05) is 11.5 Å². The van der Waals surface area contributed by atoms with Crippen molar-refractivity contribution in [2.75, 3.05) is 0 Å². The molecule has 0 bridgehead atoms. The van der Waals surface area contributed by atoms with Crippen LogP contribution < -0.4 is 0 Å². The van der Waals surface area contributed by atoms with Crippen molar-refractivity contribution in [1.29, 1.82) is 0 Å². The molecule has 0 aromatic heterocycles. The van der Waals surface area contributed by atoms with Gasteiger partial charge in [0.2, 0.25) is 0 Å². The summed E-state index contributed by atoms with van der Waals surface area (Å²) in [6.07, 6.45) is 8.54. The maximum atomic E-state index is 13.4. The number of carbonyl (C=O) groups excluding carboxylic acids is 1. The number of aryl methyl sites for hydroxylation is 1. The van der Waals surface area contributed by atoms with Crippen LogP contribution in [0.3, 0.4) is 0 Å². The van der Waals surface area contributed by atoms with Gasteiger partial charge in [0.15, 0.2) is 5.78 Å². The molecular weight excluding hydrogens is 251 g/mol. The van der Waals surface area contributed by atoms with Crippen LogP contribution in [-0.2, 0) is 0 Å².